The highest BCUT2D eigenvalue weighted by molar-refractivity contribution is 5.35. The van der Waals surface area contributed by atoms with Crippen LogP contribution in [0.25, 0.3) is 0 Å². The predicted octanol–water partition coefficient (Wildman–Crippen LogP) is 3.06. The molecule has 0 N–H and O–H groups in total. The maximum Gasteiger partial charge on any atom is 0.125 e. The Labute approximate surface area is 74.4 Å². The molecule has 1 nitrogen and oxygen atoms in total. The smallest absolute Gasteiger partial charge is 0.125 e. The maximum absolute atomic E-state index is 5.52. The molecule has 0 aromatic heterocycles. The van der Waals surface area contributed by atoms with E-state index in [1.54, 1.807) is 0 Å². The average molecular weight is 164 g/mol. The van der Waals surface area contributed by atoms with Gasteiger partial charge in [0.25, 0.3) is 0 Å². The normalized spacial score (nSPS) is 23.3. The third-order valence-electron chi connectivity index (χ3n) is 2.20. The van der Waals surface area contributed by atoms with Crippen LogP contribution in [0.15, 0.2) is 36.1 Å². The van der Waals surface area contributed by atoms with Gasteiger partial charge in [0.05, 0.1) is 6.61 Å². The summed E-state index contributed by atoms with van der Waals surface area (Å²) in [6, 6.07) is 0. The van der Waals surface area contributed by atoms with Gasteiger partial charge in [0.1, 0.15) is 5.76 Å². The molecule has 1 aliphatic rings. The molecule has 0 saturated carbocycles. The third kappa shape index (κ3) is 1.60. The van der Waals surface area contributed by atoms with E-state index in [1.165, 1.54) is 5.57 Å². The molecular formula is C11H16O. The molecule has 0 radical (unpaired) electrons. The van der Waals surface area contributed by atoms with Gasteiger partial charge in [-0.15, -0.1) is 0 Å². The number of ether oxygens (including phenoxy) is 1. The highest BCUT2D eigenvalue weighted by Gasteiger charge is 2.18. The molecule has 0 aromatic rings. The van der Waals surface area contributed by atoms with Crippen LogP contribution < -0.4 is 0 Å². The minimum Gasteiger partial charge on any atom is -0.493 e. The van der Waals surface area contributed by atoms with Gasteiger partial charge in [-0.1, -0.05) is 26.2 Å². The number of allylic oxidation sites excluding steroid dienone is 3. The first-order valence-corrected chi connectivity index (χ1v) is 4.32. The van der Waals surface area contributed by atoms with Crippen LogP contribution in [-0.2, 0) is 4.74 Å². The summed E-state index contributed by atoms with van der Waals surface area (Å²) in [5, 5.41) is 0. The summed E-state index contributed by atoms with van der Waals surface area (Å²) in [5.74, 6) is 1.51. The van der Waals surface area contributed by atoms with Crippen molar-refractivity contribution >= 4 is 0 Å². The molecule has 0 fully saturated rings. The van der Waals surface area contributed by atoms with Crippen molar-refractivity contribution in [2.24, 2.45) is 5.92 Å². The zero-order valence-electron chi connectivity index (χ0n) is 7.89. The topological polar surface area (TPSA) is 9.23 Å². The number of rotatable bonds is 2. The molecule has 0 bridgehead atoms. The Kier molecular flexibility index (Phi) is 2.74. The lowest BCUT2D eigenvalue weighted by Crippen LogP contribution is -2.14. The lowest BCUT2D eigenvalue weighted by atomic mass is 9.93. The van der Waals surface area contributed by atoms with Crippen LogP contribution in [-0.4, -0.2) is 6.61 Å². The van der Waals surface area contributed by atoms with E-state index in [1.807, 2.05) is 13.0 Å². The van der Waals surface area contributed by atoms with Crippen molar-refractivity contribution in [3.05, 3.63) is 36.1 Å². The summed E-state index contributed by atoms with van der Waals surface area (Å²) in [5.41, 5.74) is 2.20. The fraction of sp³-hybridized carbons (Fsp3) is 0.455. The van der Waals surface area contributed by atoms with Crippen molar-refractivity contribution < 1.29 is 4.74 Å². The maximum atomic E-state index is 5.52. The first kappa shape index (κ1) is 9.11. The van der Waals surface area contributed by atoms with Gasteiger partial charge in [0.15, 0.2) is 0 Å². The van der Waals surface area contributed by atoms with Gasteiger partial charge < -0.3 is 4.74 Å². The average Bonchev–Trinajstić information content (AvgIpc) is 2.03. The van der Waals surface area contributed by atoms with Crippen molar-refractivity contribution in [2.75, 3.05) is 6.61 Å². The van der Waals surface area contributed by atoms with E-state index in [0.29, 0.717) is 5.92 Å². The van der Waals surface area contributed by atoms with E-state index in [0.717, 1.165) is 24.4 Å². The highest BCUT2D eigenvalue weighted by Crippen LogP contribution is 2.28. The standard InChI is InChI=1S/C11H16O/c1-5-10-9(4)6-7-12-11(10)8(2)3/h5,9H,1-2,6-7H2,3-4H3. The van der Waals surface area contributed by atoms with Gasteiger partial charge in [-0.05, 0) is 30.4 Å². The van der Waals surface area contributed by atoms with Gasteiger partial charge in [-0.25, -0.2) is 0 Å². The Hall–Kier alpha value is -0.980. The predicted molar refractivity (Wildman–Crippen MR) is 51.8 cm³/mol. The molecule has 1 atom stereocenters. The van der Waals surface area contributed by atoms with Crippen molar-refractivity contribution in [2.45, 2.75) is 20.3 Å². The lowest BCUT2D eigenvalue weighted by Gasteiger charge is -2.24. The van der Waals surface area contributed by atoms with Gasteiger partial charge in [0.2, 0.25) is 0 Å². The van der Waals surface area contributed by atoms with E-state index in [-0.39, 0.29) is 0 Å². The summed E-state index contributed by atoms with van der Waals surface area (Å²) in [4.78, 5) is 0. The van der Waals surface area contributed by atoms with Crippen molar-refractivity contribution in [1.29, 1.82) is 0 Å². The lowest BCUT2D eigenvalue weighted by molar-refractivity contribution is 0.179. The van der Waals surface area contributed by atoms with Crippen LogP contribution in [0.3, 0.4) is 0 Å². The second-order valence-corrected chi connectivity index (χ2v) is 3.31. The van der Waals surface area contributed by atoms with Gasteiger partial charge in [-0.2, -0.15) is 0 Å². The Morgan fingerprint density at radius 2 is 2.33 bits per heavy atom. The van der Waals surface area contributed by atoms with E-state index >= 15 is 0 Å². The van der Waals surface area contributed by atoms with Crippen LogP contribution in [0.4, 0.5) is 0 Å². The SMILES string of the molecule is C=CC1=C(C(=C)C)OCCC1C. The summed E-state index contributed by atoms with van der Waals surface area (Å²) >= 11 is 0. The molecule has 1 heteroatoms. The fourth-order valence-electron chi connectivity index (χ4n) is 1.46. The fourth-order valence-corrected chi connectivity index (χ4v) is 1.46. The number of hydrogen-bond donors (Lipinski definition) is 0. The van der Waals surface area contributed by atoms with Crippen LogP contribution in [0, 0.1) is 5.92 Å². The summed E-state index contributed by atoms with van der Waals surface area (Å²) < 4.78 is 5.52. The molecule has 1 rings (SSSR count). The Bertz CT molecular complexity index is 235. The Balaban J connectivity index is 3.02. The molecular weight excluding hydrogens is 148 g/mol. The molecule has 1 aliphatic heterocycles. The monoisotopic (exact) mass is 164 g/mol. The minimum absolute atomic E-state index is 0.558. The minimum atomic E-state index is 0.558. The van der Waals surface area contributed by atoms with E-state index in [9.17, 15) is 0 Å². The highest BCUT2D eigenvalue weighted by atomic mass is 16.5. The Morgan fingerprint density at radius 3 is 2.75 bits per heavy atom. The van der Waals surface area contributed by atoms with Crippen LogP contribution in [0.5, 0.6) is 0 Å². The van der Waals surface area contributed by atoms with Gasteiger partial charge in [0, 0.05) is 0 Å². The van der Waals surface area contributed by atoms with Crippen LogP contribution in [0.1, 0.15) is 20.3 Å². The van der Waals surface area contributed by atoms with Gasteiger partial charge in [-0.3, -0.25) is 0 Å². The first-order chi connectivity index (χ1) is 5.66. The van der Waals surface area contributed by atoms with Gasteiger partial charge >= 0.3 is 0 Å². The second kappa shape index (κ2) is 3.61. The van der Waals surface area contributed by atoms with Crippen LogP contribution >= 0.6 is 0 Å². The van der Waals surface area contributed by atoms with Crippen LogP contribution in [0.2, 0.25) is 0 Å². The molecule has 1 unspecified atom stereocenters. The molecule has 12 heavy (non-hydrogen) atoms. The van der Waals surface area contributed by atoms with E-state index in [4.69, 9.17) is 4.74 Å². The third-order valence-corrected chi connectivity index (χ3v) is 2.20. The first-order valence-electron chi connectivity index (χ1n) is 4.32. The molecule has 66 valence electrons. The molecule has 0 aromatic carbocycles. The number of hydrogen-bond acceptors (Lipinski definition) is 1. The molecule has 1 heterocycles. The van der Waals surface area contributed by atoms with Crippen molar-refractivity contribution in [1.82, 2.24) is 0 Å². The molecule has 0 aliphatic carbocycles. The molecule has 0 saturated heterocycles. The summed E-state index contributed by atoms with van der Waals surface area (Å²) in [6.07, 6.45) is 2.96. The second-order valence-electron chi connectivity index (χ2n) is 3.31. The largest absolute Gasteiger partial charge is 0.493 e. The van der Waals surface area contributed by atoms with E-state index < -0.39 is 0 Å². The molecule has 0 spiro atoms. The van der Waals surface area contributed by atoms with E-state index in [2.05, 4.69) is 20.1 Å². The quantitative estimate of drug-likeness (QED) is 0.609. The zero-order valence-corrected chi connectivity index (χ0v) is 7.89. The van der Waals surface area contributed by atoms with Crippen molar-refractivity contribution in [3.63, 3.8) is 0 Å². The summed E-state index contributed by atoms with van der Waals surface area (Å²) in [6.45, 7) is 12.6. The zero-order chi connectivity index (χ0) is 9.14. The molecule has 0 amide bonds. The van der Waals surface area contributed by atoms with Crippen molar-refractivity contribution in [3.8, 4) is 0 Å². The summed E-state index contributed by atoms with van der Waals surface area (Å²) in [7, 11) is 0. The Morgan fingerprint density at radius 1 is 1.67 bits per heavy atom.